The summed E-state index contributed by atoms with van der Waals surface area (Å²) >= 11 is 0. The number of rotatable bonds is 4. The van der Waals surface area contributed by atoms with Crippen molar-refractivity contribution in [3.05, 3.63) is 59.3 Å². The Bertz CT molecular complexity index is 1140. The molecule has 1 atom stereocenters. The molecule has 0 aliphatic heterocycles. The Hall–Kier alpha value is -3.30. The number of aryl methyl sites for hydroxylation is 1. The molecule has 2 aliphatic carbocycles. The third-order valence-corrected chi connectivity index (χ3v) is 5.44. The number of carbonyl (C=O) groups is 1. The van der Waals surface area contributed by atoms with Crippen molar-refractivity contribution in [3.63, 3.8) is 0 Å². The molecule has 0 radical (unpaired) electrons. The third kappa shape index (κ3) is 4.01. The summed E-state index contributed by atoms with van der Waals surface area (Å²) in [6.45, 7) is 0. The number of hydrogen-bond acceptors (Lipinski definition) is 6. The Balaban J connectivity index is 1.38. The van der Waals surface area contributed by atoms with E-state index in [9.17, 15) is 18.0 Å². The van der Waals surface area contributed by atoms with Crippen LogP contribution in [0.3, 0.4) is 0 Å². The number of oxazole rings is 1. The molecule has 0 saturated heterocycles. The number of hydrogen-bond donors (Lipinski definition) is 1. The van der Waals surface area contributed by atoms with Gasteiger partial charge in [-0.2, -0.15) is 13.2 Å². The lowest BCUT2D eigenvalue weighted by Gasteiger charge is -2.21. The van der Waals surface area contributed by atoms with Gasteiger partial charge in [-0.05, 0) is 44.2 Å². The Kier molecular flexibility index (Phi) is 4.71. The molecule has 0 aromatic carbocycles. The average molecular weight is 429 g/mol. The smallest absolute Gasteiger partial charge is 0.434 e. The molecule has 31 heavy (non-hydrogen) atoms. The number of alkyl halides is 3. The van der Waals surface area contributed by atoms with Crippen LogP contribution in [-0.2, 0) is 12.6 Å². The van der Waals surface area contributed by atoms with E-state index in [1.165, 1.54) is 0 Å². The molecule has 160 valence electrons. The van der Waals surface area contributed by atoms with Crippen LogP contribution in [0.2, 0.25) is 0 Å². The first-order valence-corrected chi connectivity index (χ1v) is 10.0. The molecule has 3 heterocycles. The van der Waals surface area contributed by atoms with E-state index in [1.54, 1.807) is 6.20 Å². The summed E-state index contributed by atoms with van der Waals surface area (Å²) in [5.41, 5.74) is 0.966. The minimum Gasteiger partial charge on any atom is -0.439 e. The highest BCUT2D eigenvalue weighted by atomic mass is 19.4. The predicted octanol–water partition coefficient (Wildman–Crippen LogP) is 4.23. The molecule has 1 amide bonds. The van der Waals surface area contributed by atoms with Crippen LogP contribution in [0.1, 0.15) is 71.0 Å². The average Bonchev–Trinajstić information content (AvgIpc) is 3.52. The van der Waals surface area contributed by atoms with E-state index in [1.807, 2.05) is 12.1 Å². The number of nitrogens with one attached hydrogen (secondary N) is 1. The molecule has 10 heteroatoms. The highest BCUT2D eigenvalue weighted by Crippen LogP contribution is 2.40. The molecule has 1 N–H and O–H groups in total. The Morgan fingerprint density at radius 1 is 1.16 bits per heavy atom. The number of nitrogens with zero attached hydrogens (tertiary/aromatic N) is 4. The van der Waals surface area contributed by atoms with Crippen molar-refractivity contribution in [2.75, 3.05) is 0 Å². The van der Waals surface area contributed by atoms with E-state index in [2.05, 4.69) is 25.3 Å². The molecule has 3 aromatic heterocycles. The van der Waals surface area contributed by atoms with Crippen molar-refractivity contribution in [1.82, 2.24) is 25.3 Å². The van der Waals surface area contributed by atoms with Crippen molar-refractivity contribution in [3.8, 4) is 11.5 Å². The van der Waals surface area contributed by atoms with Gasteiger partial charge in [0.2, 0.25) is 5.89 Å². The van der Waals surface area contributed by atoms with Gasteiger partial charge in [0, 0.05) is 23.4 Å². The zero-order chi connectivity index (χ0) is 21.6. The maximum absolute atomic E-state index is 12.9. The summed E-state index contributed by atoms with van der Waals surface area (Å²) < 4.78 is 44.6. The van der Waals surface area contributed by atoms with Crippen LogP contribution in [0.4, 0.5) is 13.2 Å². The zero-order valence-electron chi connectivity index (χ0n) is 16.3. The minimum atomic E-state index is -4.68. The molecule has 0 spiro atoms. The van der Waals surface area contributed by atoms with Crippen LogP contribution in [-0.4, -0.2) is 25.8 Å². The van der Waals surface area contributed by atoms with Gasteiger partial charge in [0.1, 0.15) is 11.5 Å². The van der Waals surface area contributed by atoms with Crippen LogP contribution in [0, 0.1) is 0 Å². The fraction of sp³-hybridized carbons (Fsp3) is 0.381. The van der Waals surface area contributed by atoms with Crippen molar-refractivity contribution < 1.29 is 22.4 Å². The maximum atomic E-state index is 12.9. The Morgan fingerprint density at radius 3 is 2.77 bits per heavy atom. The lowest BCUT2D eigenvalue weighted by Crippen LogP contribution is -2.31. The molecule has 1 fully saturated rings. The molecule has 0 unspecified atom stereocenters. The first-order chi connectivity index (χ1) is 14.9. The van der Waals surface area contributed by atoms with Crippen molar-refractivity contribution >= 4 is 5.91 Å². The van der Waals surface area contributed by atoms with Gasteiger partial charge < -0.3 is 9.73 Å². The lowest BCUT2D eigenvalue weighted by atomic mass is 9.97. The number of fused-ring (bicyclic) bond motifs is 1. The van der Waals surface area contributed by atoms with E-state index >= 15 is 0 Å². The fourth-order valence-electron chi connectivity index (χ4n) is 3.71. The molecular formula is C21H18F3N5O2. The fourth-order valence-corrected chi connectivity index (χ4v) is 3.71. The highest BCUT2D eigenvalue weighted by Gasteiger charge is 2.34. The van der Waals surface area contributed by atoms with Gasteiger partial charge in [0.05, 0.1) is 24.1 Å². The van der Waals surface area contributed by atoms with Crippen LogP contribution in [0.25, 0.3) is 11.5 Å². The van der Waals surface area contributed by atoms with E-state index < -0.39 is 29.5 Å². The summed E-state index contributed by atoms with van der Waals surface area (Å²) in [6, 6.07) is 3.30. The van der Waals surface area contributed by atoms with Crippen LogP contribution >= 0.6 is 0 Å². The van der Waals surface area contributed by atoms with E-state index in [4.69, 9.17) is 4.42 Å². The summed E-state index contributed by atoms with van der Waals surface area (Å²) in [4.78, 5) is 28.4. The first kappa shape index (κ1) is 19.7. The highest BCUT2D eigenvalue weighted by molar-refractivity contribution is 5.92. The van der Waals surface area contributed by atoms with E-state index in [0.29, 0.717) is 36.6 Å². The normalized spacial score (nSPS) is 18.5. The summed E-state index contributed by atoms with van der Waals surface area (Å²) in [5, 5.41) is 2.72. The number of pyridine rings is 1. The number of carbonyl (C=O) groups excluding carboxylic acids is 1. The van der Waals surface area contributed by atoms with E-state index in [0.717, 1.165) is 42.4 Å². The van der Waals surface area contributed by atoms with Gasteiger partial charge >= 0.3 is 6.18 Å². The number of aromatic nitrogens is 4. The standard InChI is InChI=1S/C21H18F3N5O2/c22-21(23,24)17-10-25-9-16(27-17)19(30)28-13-2-1-3-14-18(13)31-20(29-14)12-6-7-26-15(8-12)11-4-5-11/h6-11,13H,1-5H2,(H,28,30)/t13-/m0/s1. The molecule has 2 aliphatic rings. The van der Waals surface area contributed by atoms with Crippen molar-refractivity contribution in [1.29, 1.82) is 0 Å². The molecule has 3 aromatic rings. The molecule has 5 rings (SSSR count). The molecule has 1 saturated carbocycles. The second-order valence-corrected chi connectivity index (χ2v) is 7.78. The van der Waals surface area contributed by atoms with Gasteiger partial charge in [-0.15, -0.1) is 0 Å². The zero-order valence-corrected chi connectivity index (χ0v) is 16.3. The van der Waals surface area contributed by atoms with Gasteiger partial charge in [-0.3, -0.25) is 14.8 Å². The summed E-state index contributed by atoms with van der Waals surface area (Å²) in [6.07, 6.45) is 2.97. The van der Waals surface area contributed by atoms with Gasteiger partial charge in [-0.25, -0.2) is 9.97 Å². The lowest BCUT2D eigenvalue weighted by molar-refractivity contribution is -0.141. The van der Waals surface area contributed by atoms with Gasteiger partial charge in [0.25, 0.3) is 5.91 Å². The monoisotopic (exact) mass is 429 g/mol. The summed E-state index contributed by atoms with van der Waals surface area (Å²) in [7, 11) is 0. The second-order valence-electron chi connectivity index (χ2n) is 7.78. The summed E-state index contributed by atoms with van der Waals surface area (Å²) in [5.74, 6) is 0.730. The number of halogens is 3. The van der Waals surface area contributed by atoms with Crippen LogP contribution in [0.15, 0.2) is 35.1 Å². The Morgan fingerprint density at radius 2 is 2.00 bits per heavy atom. The molecular weight excluding hydrogens is 411 g/mol. The minimum absolute atomic E-state index is 0.398. The van der Waals surface area contributed by atoms with E-state index in [-0.39, 0.29) is 0 Å². The molecule has 0 bridgehead atoms. The quantitative estimate of drug-likeness (QED) is 0.667. The maximum Gasteiger partial charge on any atom is 0.434 e. The van der Waals surface area contributed by atoms with Crippen LogP contribution in [0.5, 0.6) is 0 Å². The third-order valence-electron chi connectivity index (χ3n) is 5.44. The largest absolute Gasteiger partial charge is 0.439 e. The van der Waals surface area contributed by atoms with Crippen molar-refractivity contribution in [2.45, 2.75) is 50.2 Å². The number of amides is 1. The topological polar surface area (TPSA) is 93.8 Å². The van der Waals surface area contributed by atoms with Gasteiger partial charge in [0.15, 0.2) is 5.69 Å². The SMILES string of the molecule is O=C(N[C@H]1CCCc2nc(-c3ccnc(C4CC4)c3)oc21)c1cncc(C(F)(F)F)n1. The second kappa shape index (κ2) is 7.44. The first-order valence-electron chi connectivity index (χ1n) is 10.0. The predicted molar refractivity (Wildman–Crippen MR) is 102 cm³/mol. The molecule has 7 nitrogen and oxygen atoms in total. The van der Waals surface area contributed by atoms with Crippen molar-refractivity contribution in [2.24, 2.45) is 0 Å². The van der Waals surface area contributed by atoms with Crippen LogP contribution < -0.4 is 5.32 Å². The van der Waals surface area contributed by atoms with Gasteiger partial charge in [-0.1, -0.05) is 0 Å². The Labute approximate surface area is 175 Å².